The van der Waals surface area contributed by atoms with Crippen molar-refractivity contribution in [1.82, 2.24) is 14.9 Å². The van der Waals surface area contributed by atoms with Gasteiger partial charge in [-0.2, -0.15) is 0 Å². The van der Waals surface area contributed by atoms with Crippen LogP contribution in [0.1, 0.15) is 60.6 Å². The normalized spacial score (nSPS) is 16.4. The molecular formula is C18H23N3O2S. The molecule has 3 rings (SSSR count). The van der Waals surface area contributed by atoms with Crippen LogP contribution in [-0.2, 0) is 5.41 Å². The molecule has 0 spiro atoms. The first-order chi connectivity index (χ1) is 11.4. The van der Waals surface area contributed by atoms with Crippen LogP contribution in [0.3, 0.4) is 0 Å². The lowest BCUT2D eigenvalue weighted by Crippen LogP contribution is -2.40. The summed E-state index contributed by atoms with van der Waals surface area (Å²) in [5, 5.41) is 3.32. The quantitative estimate of drug-likeness (QED) is 0.909. The van der Waals surface area contributed by atoms with Crippen LogP contribution >= 0.6 is 11.3 Å². The van der Waals surface area contributed by atoms with E-state index < -0.39 is 0 Å². The summed E-state index contributed by atoms with van der Waals surface area (Å²) < 4.78 is 0. The average molecular weight is 345 g/mol. The van der Waals surface area contributed by atoms with Gasteiger partial charge in [-0.25, -0.2) is 4.98 Å². The zero-order valence-electron chi connectivity index (χ0n) is 14.3. The van der Waals surface area contributed by atoms with E-state index in [0.29, 0.717) is 19.0 Å². The van der Waals surface area contributed by atoms with E-state index in [-0.39, 0.29) is 22.4 Å². The number of pyridine rings is 1. The predicted octanol–water partition coefficient (Wildman–Crippen LogP) is 3.15. The highest BCUT2D eigenvalue weighted by atomic mass is 32.1. The first-order valence-electron chi connectivity index (χ1n) is 8.29. The topological polar surface area (TPSA) is 66.1 Å². The Morgan fingerprint density at radius 3 is 2.62 bits per heavy atom. The molecule has 1 amide bonds. The molecule has 1 saturated heterocycles. The summed E-state index contributed by atoms with van der Waals surface area (Å²) in [6.07, 6.45) is 3.34. The third-order valence-corrected chi connectivity index (χ3v) is 5.48. The fourth-order valence-electron chi connectivity index (χ4n) is 2.91. The minimum atomic E-state index is -0.320. The summed E-state index contributed by atoms with van der Waals surface area (Å²) in [6, 6.07) is 3.27. The number of amides is 1. The summed E-state index contributed by atoms with van der Waals surface area (Å²) in [6.45, 7) is 7.85. The zero-order valence-corrected chi connectivity index (χ0v) is 15.2. The van der Waals surface area contributed by atoms with Crippen molar-refractivity contribution in [2.24, 2.45) is 0 Å². The lowest BCUT2D eigenvalue weighted by molar-refractivity contribution is 0.0711. The second kappa shape index (κ2) is 6.51. The number of rotatable bonds is 2. The first-order valence-corrected chi connectivity index (χ1v) is 9.17. The number of thiazole rings is 1. The van der Waals surface area contributed by atoms with Crippen LogP contribution in [0, 0.1) is 0 Å². The second-order valence-corrected chi connectivity index (χ2v) is 8.19. The summed E-state index contributed by atoms with van der Waals surface area (Å²) in [5.74, 6) is 0.231. The first kappa shape index (κ1) is 16.9. The number of nitrogens with one attached hydrogen (secondary N) is 1. The Kier molecular flexibility index (Phi) is 4.58. The minimum absolute atomic E-state index is 0.0692. The number of piperidine rings is 1. The van der Waals surface area contributed by atoms with Gasteiger partial charge in [-0.05, 0) is 25.0 Å². The monoisotopic (exact) mass is 345 g/mol. The van der Waals surface area contributed by atoms with Crippen molar-refractivity contribution in [2.45, 2.75) is 44.9 Å². The fourth-order valence-corrected chi connectivity index (χ4v) is 4.13. The van der Waals surface area contributed by atoms with Gasteiger partial charge in [0, 0.05) is 36.0 Å². The average Bonchev–Trinajstić information content (AvgIpc) is 3.05. The largest absolute Gasteiger partial charge is 0.338 e. The highest BCUT2D eigenvalue weighted by molar-refractivity contribution is 7.09. The minimum Gasteiger partial charge on any atom is -0.338 e. The van der Waals surface area contributed by atoms with Crippen LogP contribution in [-0.4, -0.2) is 33.9 Å². The van der Waals surface area contributed by atoms with Crippen LogP contribution in [0.2, 0.25) is 0 Å². The maximum absolute atomic E-state index is 12.5. The molecule has 1 aliphatic rings. The standard InChI is InChI=1S/C18H23N3O2S/c1-18(2,3)14-11-24-16(20-14)12-6-9-21(10-7-12)17(23)13-5-4-8-19-15(13)22/h4-5,8,11-12H,6-7,9-10H2,1-3H3,(H,19,22). The van der Waals surface area contributed by atoms with E-state index in [4.69, 9.17) is 4.98 Å². The Bertz CT molecular complexity index is 780. The van der Waals surface area contributed by atoms with Gasteiger partial charge < -0.3 is 9.88 Å². The van der Waals surface area contributed by atoms with E-state index in [1.54, 1.807) is 34.6 Å². The number of carbonyl (C=O) groups excluding carboxylic acids is 1. The third kappa shape index (κ3) is 3.43. The molecule has 0 aliphatic carbocycles. The summed E-state index contributed by atoms with van der Waals surface area (Å²) >= 11 is 1.72. The van der Waals surface area contributed by atoms with E-state index in [2.05, 4.69) is 31.1 Å². The number of likely N-dealkylation sites (tertiary alicyclic amines) is 1. The lowest BCUT2D eigenvalue weighted by atomic mass is 9.93. The van der Waals surface area contributed by atoms with Crippen LogP contribution in [0.15, 0.2) is 28.5 Å². The Morgan fingerprint density at radius 2 is 2.04 bits per heavy atom. The highest BCUT2D eigenvalue weighted by Gasteiger charge is 2.28. The van der Waals surface area contributed by atoms with Crippen molar-refractivity contribution in [3.63, 3.8) is 0 Å². The Hall–Kier alpha value is -1.95. The van der Waals surface area contributed by atoms with Gasteiger partial charge in [0.15, 0.2) is 0 Å². The van der Waals surface area contributed by atoms with E-state index in [0.717, 1.165) is 18.5 Å². The second-order valence-electron chi connectivity index (χ2n) is 7.30. The number of nitrogens with zero attached hydrogens (tertiary/aromatic N) is 2. The van der Waals surface area contributed by atoms with Gasteiger partial charge in [-0.1, -0.05) is 20.8 Å². The molecule has 0 aromatic carbocycles. The van der Waals surface area contributed by atoms with Gasteiger partial charge in [0.25, 0.3) is 11.5 Å². The van der Waals surface area contributed by atoms with E-state index >= 15 is 0 Å². The fraction of sp³-hybridized carbons (Fsp3) is 0.500. The van der Waals surface area contributed by atoms with Crippen LogP contribution in [0.25, 0.3) is 0 Å². The van der Waals surface area contributed by atoms with Crippen molar-refractivity contribution < 1.29 is 4.79 Å². The Labute approximate surface area is 145 Å². The SMILES string of the molecule is CC(C)(C)c1csc(C2CCN(C(=O)c3ccc[nH]c3=O)CC2)n1. The van der Waals surface area contributed by atoms with Gasteiger partial charge in [0.2, 0.25) is 0 Å². The van der Waals surface area contributed by atoms with Gasteiger partial charge >= 0.3 is 0 Å². The molecule has 1 aliphatic heterocycles. The van der Waals surface area contributed by atoms with E-state index in [1.165, 1.54) is 5.01 Å². The number of aromatic amines is 1. The van der Waals surface area contributed by atoms with Crippen LogP contribution in [0.4, 0.5) is 0 Å². The van der Waals surface area contributed by atoms with Gasteiger partial charge in [0.05, 0.1) is 10.7 Å². The summed E-state index contributed by atoms with van der Waals surface area (Å²) in [4.78, 5) is 33.4. The van der Waals surface area contributed by atoms with Crippen molar-refractivity contribution in [3.8, 4) is 0 Å². The molecule has 24 heavy (non-hydrogen) atoms. The third-order valence-electron chi connectivity index (χ3n) is 4.47. The van der Waals surface area contributed by atoms with Gasteiger partial charge in [-0.15, -0.1) is 11.3 Å². The molecule has 6 heteroatoms. The Balaban J connectivity index is 1.66. The van der Waals surface area contributed by atoms with E-state index in [1.807, 2.05) is 0 Å². The molecule has 2 aromatic heterocycles. The number of hydrogen-bond donors (Lipinski definition) is 1. The lowest BCUT2D eigenvalue weighted by Gasteiger charge is -2.31. The van der Waals surface area contributed by atoms with Gasteiger partial charge in [-0.3, -0.25) is 9.59 Å². The molecule has 0 atom stereocenters. The molecule has 0 saturated carbocycles. The van der Waals surface area contributed by atoms with Crippen molar-refractivity contribution in [2.75, 3.05) is 13.1 Å². The molecule has 0 bridgehead atoms. The maximum Gasteiger partial charge on any atom is 0.260 e. The molecule has 1 fully saturated rings. The maximum atomic E-state index is 12.5. The molecule has 0 radical (unpaired) electrons. The molecular weight excluding hydrogens is 322 g/mol. The molecule has 2 aromatic rings. The van der Waals surface area contributed by atoms with Crippen molar-refractivity contribution >= 4 is 17.2 Å². The molecule has 0 unspecified atom stereocenters. The zero-order chi connectivity index (χ0) is 17.3. The molecule has 3 heterocycles. The molecule has 5 nitrogen and oxygen atoms in total. The number of aromatic nitrogens is 2. The molecule has 128 valence electrons. The van der Waals surface area contributed by atoms with Crippen molar-refractivity contribution in [1.29, 1.82) is 0 Å². The number of hydrogen-bond acceptors (Lipinski definition) is 4. The van der Waals surface area contributed by atoms with Crippen molar-refractivity contribution in [3.05, 3.63) is 50.3 Å². The van der Waals surface area contributed by atoms with E-state index in [9.17, 15) is 9.59 Å². The number of carbonyl (C=O) groups is 1. The molecule has 1 N–H and O–H groups in total. The van der Waals surface area contributed by atoms with Crippen LogP contribution < -0.4 is 5.56 Å². The summed E-state index contributed by atoms with van der Waals surface area (Å²) in [5.41, 5.74) is 1.11. The predicted molar refractivity (Wildman–Crippen MR) is 95.8 cm³/mol. The number of H-pyrrole nitrogens is 1. The van der Waals surface area contributed by atoms with Crippen LogP contribution in [0.5, 0.6) is 0 Å². The smallest absolute Gasteiger partial charge is 0.260 e. The highest BCUT2D eigenvalue weighted by Crippen LogP contribution is 2.33. The Morgan fingerprint density at radius 1 is 1.33 bits per heavy atom. The summed E-state index contributed by atoms with van der Waals surface area (Å²) in [7, 11) is 0. The van der Waals surface area contributed by atoms with Gasteiger partial charge in [0.1, 0.15) is 5.56 Å².